The van der Waals surface area contributed by atoms with Crippen LogP contribution in [0.15, 0.2) is 23.8 Å². The van der Waals surface area contributed by atoms with Gasteiger partial charge in [0, 0.05) is 24.9 Å². The van der Waals surface area contributed by atoms with Gasteiger partial charge in [0.1, 0.15) is 5.78 Å². The van der Waals surface area contributed by atoms with Crippen molar-refractivity contribution in [2.45, 2.75) is 122 Å². The number of Topliss-reactive ketones (excluding diaryl/α,β-unsaturated/α-hetero) is 1. The van der Waals surface area contributed by atoms with E-state index in [1.807, 2.05) is 6.08 Å². The number of carbonyl (C=O) groups is 2. The summed E-state index contributed by atoms with van der Waals surface area (Å²) in [5, 5.41) is 8.95. The summed E-state index contributed by atoms with van der Waals surface area (Å²) < 4.78 is 6.97. The molecule has 1 saturated carbocycles. The molecule has 2 atom stereocenters. The first-order valence-corrected chi connectivity index (χ1v) is 15.7. The molecule has 0 unspecified atom stereocenters. The van der Waals surface area contributed by atoms with E-state index in [1.54, 1.807) is 0 Å². The molecule has 5 heteroatoms. The fourth-order valence-electron chi connectivity index (χ4n) is 4.76. The largest absolute Gasteiger partial charge is 0.481 e. The molecule has 0 spiro atoms. The topological polar surface area (TPSA) is 63.6 Å². The Morgan fingerprint density at radius 3 is 2.53 bits per heavy atom. The van der Waals surface area contributed by atoms with Crippen LogP contribution in [0.2, 0.25) is 18.1 Å². The number of hydrogen-bond acceptors (Lipinski definition) is 3. The van der Waals surface area contributed by atoms with E-state index in [-0.39, 0.29) is 17.4 Å². The number of carboxylic acids is 1. The summed E-state index contributed by atoms with van der Waals surface area (Å²) in [7, 11) is -1.84. The molecular formula is C27H46O4Si. The summed E-state index contributed by atoms with van der Waals surface area (Å²) in [6.07, 6.45) is 18.0. The summed E-state index contributed by atoms with van der Waals surface area (Å²) in [6, 6.07) is 0. The highest BCUT2D eigenvalue weighted by Gasteiger charge is 2.41. The lowest BCUT2D eigenvalue weighted by atomic mass is 9.82. The van der Waals surface area contributed by atoms with Crippen molar-refractivity contribution in [1.29, 1.82) is 0 Å². The van der Waals surface area contributed by atoms with Crippen LogP contribution in [0.1, 0.15) is 97.8 Å². The van der Waals surface area contributed by atoms with Crippen molar-refractivity contribution >= 4 is 20.1 Å². The number of carbonyl (C=O) groups excluding carboxylic acids is 1. The minimum absolute atomic E-state index is 0.00519. The van der Waals surface area contributed by atoms with Crippen LogP contribution in [0.4, 0.5) is 0 Å². The van der Waals surface area contributed by atoms with E-state index in [0.717, 1.165) is 25.7 Å². The second kappa shape index (κ2) is 12.3. The lowest BCUT2D eigenvalue weighted by Gasteiger charge is -2.42. The Morgan fingerprint density at radius 2 is 1.91 bits per heavy atom. The van der Waals surface area contributed by atoms with Crippen LogP contribution in [0, 0.1) is 11.8 Å². The van der Waals surface area contributed by atoms with E-state index < -0.39 is 14.3 Å². The van der Waals surface area contributed by atoms with Gasteiger partial charge in [0.25, 0.3) is 0 Å². The monoisotopic (exact) mass is 462 g/mol. The predicted molar refractivity (Wildman–Crippen MR) is 134 cm³/mol. The Kier molecular flexibility index (Phi) is 10.4. The first kappa shape index (κ1) is 27.0. The summed E-state index contributed by atoms with van der Waals surface area (Å²) in [5.74, 6) is 0.241. The molecule has 32 heavy (non-hydrogen) atoms. The van der Waals surface area contributed by atoms with E-state index in [1.165, 1.54) is 37.7 Å². The summed E-state index contributed by atoms with van der Waals surface area (Å²) >= 11 is 0. The minimum atomic E-state index is -1.84. The van der Waals surface area contributed by atoms with Gasteiger partial charge in [-0.05, 0) is 69.0 Å². The van der Waals surface area contributed by atoms with Crippen molar-refractivity contribution in [1.82, 2.24) is 0 Å². The van der Waals surface area contributed by atoms with Crippen molar-refractivity contribution in [2.75, 3.05) is 0 Å². The Labute approximate surface area is 197 Å². The zero-order valence-electron chi connectivity index (χ0n) is 21.1. The van der Waals surface area contributed by atoms with Crippen LogP contribution in [-0.2, 0) is 14.0 Å². The first-order valence-electron chi connectivity index (χ1n) is 12.8. The lowest BCUT2D eigenvalue weighted by molar-refractivity contribution is -0.137. The Bertz CT molecular complexity index is 680. The van der Waals surface area contributed by atoms with E-state index in [2.05, 4.69) is 46.0 Å². The average molecular weight is 463 g/mol. The molecule has 0 aromatic carbocycles. The molecule has 0 aromatic rings. The quantitative estimate of drug-likeness (QED) is 0.186. The maximum Gasteiger partial charge on any atom is 0.303 e. The molecule has 182 valence electrons. The van der Waals surface area contributed by atoms with Crippen LogP contribution in [-0.4, -0.2) is 31.3 Å². The summed E-state index contributed by atoms with van der Waals surface area (Å²) in [4.78, 5) is 23.1. The van der Waals surface area contributed by atoms with Crippen molar-refractivity contribution in [3.05, 3.63) is 23.8 Å². The molecule has 2 rings (SSSR count). The zero-order valence-corrected chi connectivity index (χ0v) is 22.1. The second-order valence-corrected chi connectivity index (χ2v) is 16.1. The van der Waals surface area contributed by atoms with Gasteiger partial charge in [-0.1, -0.05) is 63.8 Å². The number of unbranched alkanes of at least 4 members (excludes halogenated alkanes) is 1. The average Bonchev–Trinajstić information content (AvgIpc) is 3.07. The van der Waals surface area contributed by atoms with Crippen molar-refractivity contribution in [2.24, 2.45) is 11.8 Å². The molecule has 0 saturated heterocycles. The Balaban J connectivity index is 1.96. The molecular weight excluding hydrogens is 416 g/mol. The van der Waals surface area contributed by atoms with Crippen molar-refractivity contribution in [3.63, 3.8) is 0 Å². The molecule has 0 bridgehead atoms. The number of allylic oxidation sites excluding steroid dienone is 4. The molecule has 0 heterocycles. The number of ketones is 1. The summed E-state index contributed by atoms with van der Waals surface area (Å²) in [5.41, 5.74) is 1.30. The Hall–Kier alpha value is -1.20. The predicted octanol–water partition coefficient (Wildman–Crippen LogP) is 7.45. The number of aliphatic carboxylic acids is 1. The van der Waals surface area contributed by atoms with Gasteiger partial charge in [-0.15, -0.1) is 0 Å². The molecule has 1 fully saturated rings. The van der Waals surface area contributed by atoms with E-state index in [9.17, 15) is 9.59 Å². The highest BCUT2D eigenvalue weighted by molar-refractivity contribution is 6.74. The highest BCUT2D eigenvalue weighted by atomic mass is 28.4. The van der Waals surface area contributed by atoms with E-state index in [4.69, 9.17) is 9.53 Å². The van der Waals surface area contributed by atoms with Gasteiger partial charge in [0.05, 0.1) is 0 Å². The van der Waals surface area contributed by atoms with Gasteiger partial charge < -0.3 is 9.53 Å². The maximum atomic E-state index is 12.5. The number of hydrogen-bond donors (Lipinski definition) is 1. The minimum Gasteiger partial charge on any atom is -0.481 e. The van der Waals surface area contributed by atoms with Crippen LogP contribution in [0.5, 0.6) is 0 Å². The molecule has 1 N–H and O–H groups in total. The van der Waals surface area contributed by atoms with Gasteiger partial charge >= 0.3 is 5.97 Å². The van der Waals surface area contributed by atoms with Crippen molar-refractivity contribution < 1.29 is 19.1 Å². The third-order valence-electron chi connectivity index (χ3n) is 7.85. The number of carboxylic acid groups (broad SMARTS) is 1. The molecule has 2 aliphatic carbocycles. The third-order valence-corrected chi connectivity index (χ3v) is 12.4. The lowest BCUT2D eigenvalue weighted by Crippen LogP contribution is -2.46. The fourth-order valence-corrected chi connectivity index (χ4v) is 6.19. The second-order valence-electron chi connectivity index (χ2n) is 11.3. The normalized spacial score (nSPS) is 21.8. The standard InChI is InChI=1S/C27H46O4Si/c1-27(2,3)32(4,5)31-25(22-13-9-8-10-14-22)20-18-21-17-19-24(28)23(21)15-11-6-7-12-16-26(29)30/h6,11,17,22-23,25H,7-10,12-16,18-20H2,1-5H3,(H,29,30)/b11-6-/t23-,25-/m1/s1. The molecule has 0 amide bonds. The Morgan fingerprint density at radius 1 is 1.22 bits per heavy atom. The van der Waals surface area contributed by atoms with E-state index >= 15 is 0 Å². The van der Waals surface area contributed by atoms with Crippen LogP contribution in [0.25, 0.3) is 0 Å². The highest BCUT2D eigenvalue weighted by Crippen LogP contribution is 2.41. The molecule has 0 aromatic heterocycles. The van der Waals surface area contributed by atoms with Gasteiger partial charge in [0.2, 0.25) is 0 Å². The molecule has 2 aliphatic rings. The van der Waals surface area contributed by atoms with Gasteiger partial charge in [0.15, 0.2) is 8.32 Å². The van der Waals surface area contributed by atoms with Gasteiger partial charge in [-0.2, -0.15) is 0 Å². The zero-order chi connectivity index (χ0) is 23.8. The molecule has 0 aliphatic heterocycles. The van der Waals surface area contributed by atoms with Crippen LogP contribution < -0.4 is 0 Å². The third kappa shape index (κ3) is 8.29. The SMILES string of the molecule is CC(C)(C)[Si](C)(C)O[C@H](CCC1=CCC(=O)[C@@H]1C/C=C\CCCC(=O)O)C1CCCCC1. The van der Waals surface area contributed by atoms with Gasteiger partial charge in [-0.25, -0.2) is 0 Å². The first-order chi connectivity index (χ1) is 15.0. The van der Waals surface area contributed by atoms with Crippen LogP contribution >= 0.6 is 0 Å². The smallest absolute Gasteiger partial charge is 0.303 e. The molecule has 0 radical (unpaired) electrons. The van der Waals surface area contributed by atoms with Gasteiger partial charge in [-0.3, -0.25) is 9.59 Å². The van der Waals surface area contributed by atoms with E-state index in [0.29, 0.717) is 30.6 Å². The van der Waals surface area contributed by atoms with Crippen LogP contribution in [0.3, 0.4) is 0 Å². The van der Waals surface area contributed by atoms with Crippen molar-refractivity contribution in [3.8, 4) is 0 Å². The summed E-state index contributed by atoms with van der Waals surface area (Å²) in [6.45, 7) is 11.7. The fraction of sp³-hybridized carbons (Fsp3) is 0.778. The molecule has 4 nitrogen and oxygen atoms in total. The maximum absolute atomic E-state index is 12.5. The number of rotatable bonds is 12.